The summed E-state index contributed by atoms with van der Waals surface area (Å²) in [5.41, 5.74) is 5.62. The number of carbonyl (C=O) groups is 1. The average molecular weight is 398 g/mol. The van der Waals surface area contributed by atoms with Crippen LogP contribution in [0.4, 0.5) is 5.69 Å². The molecular formula is C21H20BrNO2. The van der Waals surface area contributed by atoms with Crippen molar-refractivity contribution in [3.63, 3.8) is 0 Å². The van der Waals surface area contributed by atoms with Gasteiger partial charge < -0.3 is 10.1 Å². The number of rotatable bonds is 2. The average Bonchev–Trinajstić information content (AvgIpc) is 3.11. The monoisotopic (exact) mass is 397 g/mol. The third kappa shape index (κ3) is 2.78. The van der Waals surface area contributed by atoms with E-state index < -0.39 is 0 Å². The van der Waals surface area contributed by atoms with Gasteiger partial charge in [0.1, 0.15) is 0 Å². The minimum absolute atomic E-state index is 0.205. The van der Waals surface area contributed by atoms with Gasteiger partial charge in [0.2, 0.25) is 0 Å². The first-order chi connectivity index (χ1) is 12.1. The van der Waals surface area contributed by atoms with E-state index in [9.17, 15) is 4.79 Å². The van der Waals surface area contributed by atoms with Crippen molar-refractivity contribution in [1.82, 2.24) is 0 Å². The van der Waals surface area contributed by atoms with Crippen molar-refractivity contribution in [2.75, 3.05) is 12.4 Å². The lowest BCUT2D eigenvalue weighted by atomic mass is 9.76. The molecule has 1 N–H and O–H groups in total. The topological polar surface area (TPSA) is 38.3 Å². The fraction of sp³-hybridized carbons (Fsp3) is 0.286. The number of aryl methyl sites for hydroxylation is 1. The summed E-state index contributed by atoms with van der Waals surface area (Å²) in [6, 6.07) is 12.6. The summed E-state index contributed by atoms with van der Waals surface area (Å²) in [6.45, 7) is 2.14. The maximum atomic E-state index is 11.8. The summed E-state index contributed by atoms with van der Waals surface area (Å²) >= 11 is 3.66. The van der Waals surface area contributed by atoms with Crippen LogP contribution < -0.4 is 5.32 Å². The van der Waals surface area contributed by atoms with E-state index >= 15 is 0 Å². The first-order valence-corrected chi connectivity index (χ1v) is 9.29. The number of ether oxygens (including phenoxy) is 1. The molecule has 0 saturated carbocycles. The summed E-state index contributed by atoms with van der Waals surface area (Å²) in [5.74, 6) is 0.605. The van der Waals surface area contributed by atoms with E-state index in [2.05, 4.69) is 58.5 Å². The molecule has 1 aliphatic heterocycles. The minimum atomic E-state index is -0.315. The maximum absolute atomic E-state index is 11.8. The molecule has 0 fully saturated rings. The number of halogens is 1. The Balaban J connectivity index is 1.74. The molecule has 4 rings (SSSR count). The number of allylic oxidation sites excluding steroid dienone is 2. The normalized spacial score (nSPS) is 23.6. The standard InChI is InChI=1S/C21H20BrNO2/c1-12-6-9-19-17(10-12)14-4-3-5-15(14)20(23-19)16-8-7-13(11-18(16)22)21(24)25-2/h3-4,6-11,14-15,20,23H,5H2,1-2H3. The van der Waals surface area contributed by atoms with E-state index in [1.807, 2.05) is 18.2 Å². The smallest absolute Gasteiger partial charge is 0.337 e. The number of hydrogen-bond acceptors (Lipinski definition) is 3. The summed E-state index contributed by atoms with van der Waals surface area (Å²) in [6.07, 6.45) is 5.69. The van der Waals surface area contributed by atoms with Crippen molar-refractivity contribution in [1.29, 1.82) is 0 Å². The van der Waals surface area contributed by atoms with Gasteiger partial charge >= 0.3 is 5.97 Å². The van der Waals surface area contributed by atoms with Gasteiger partial charge in [-0.25, -0.2) is 4.79 Å². The Morgan fingerprint density at radius 2 is 2.04 bits per heavy atom. The van der Waals surface area contributed by atoms with Gasteiger partial charge in [-0.1, -0.05) is 51.8 Å². The molecule has 0 bridgehead atoms. The lowest BCUT2D eigenvalue weighted by Crippen LogP contribution is -2.29. The fourth-order valence-corrected chi connectivity index (χ4v) is 4.67. The zero-order chi connectivity index (χ0) is 17.6. The fourth-order valence-electron chi connectivity index (χ4n) is 4.05. The molecule has 0 saturated heterocycles. The largest absolute Gasteiger partial charge is 0.465 e. The number of methoxy groups -OCH3 is 1. The molecule has 1 aliphatic carbocycles. The Hall–Kier alpha value is -2.07. The van der Waals surface area contributed by atoms with Crippen LogP contribution in [0.1, 0.15) is 45.4 Å². The molecule has 3 nitrogen and oxygen atoms in total. The molecule has 2 aliphatic rings. The number of esters is 1. The lowest BCUT2D eigenvalue weighted by molar-refractivity contribution is 0.0600. The van der Waals surface area contributed by atoms with Crippen LogP contribution >= 0.6 is 15.9 Å². The Bertz CT molecular complexity index is 874. The molecule has 2 aromatic carbocycles. The molecular weight excluding hydrogens is 378 g/mol. The quantitative estimate of drug-likeness (QED) is 0.546. The molecule has 128 valence electrons. The van der Waals surface area contributed by atoms with E-state index in [0.717, 1.165) is 10.9 Å². The Morgan fingerprint density at radius 3 is 2.80 bits per heavy atom. The second kappa shape index (κ2) is 6.34. The van der Waals surface area contributed by atoms with E-state index in [1.165, 1.54) is 29.5 Å². The first-order valence-electron chi connectivity index (χ1n) is 8.50. The highest BCUT2D eigenvalue weighted by Crippen LogP contribution is 2.50. The number of benzene rings is 2. The zero-order valence-corrected chi connectivity index (χ0v) is 15.8. The van der Waals surface area contributed by atoms with Crippen LogP contribution in [0.15, 0.2) is 53.0 Å². The summed E-state index contributed by atoms with van der Waals surface area (Å²) in [5, 5.41) is 3.73. The molecule has 25 heavy (non-hydrogen) atoms. The van der Waals surface area contributed by atoms with Gasteiger partial charge in [-0.05, 0) is 48.6 Å². The summed E-state index contributed by atoms with van der Waals surface area (Å²) in [4.78, 5) is 11.8. The minimum Gasteiger partial charge on any atom is -0.465 e. The lowest BCUT2D eigenvalue weighted by Gasteiger charge is -2.38. The Morgan fingerprint density at radius 1 is 1.20 bits per heavy atom. The molecule has 0 aromatic heterocycles. The van der Waals surface area contributed by atoms with Gasteiger partial charge in [-0.15, -0.1) is 0 Å². The predicted octanol–water partition coefficient (Wildman–Crippen LogP) is 5.37. The number of fused-ring (bicyclic) bond motifs is 3. The van der Waals surface area contributed by atoms with Crippen LogP contribution in [-0.4, -0.2) is 13.1 Å². The van der Waals surface area contributed by atoms with Gasteiger partial charge in [0.15, 0.2) is 0 Å². The van der Waals surface area contributed by atoms with Crippen molar-refractivity contribution in [3.8, 4) is 0 Å². The van der Waals surface area contributed by atoms with Crippen LogP contribution in [0.3, 0.4) is 0 Å². The van der Waals surface area contributed by atoms with Gasteiger partial charge in [0.05, 0.1) is 18.7 Å². The van der Waals surface area contributed by atoms with Gasteiger partial charge in [0, 0.05) is 16.1 Å². The molecule has 0 amide bonds. The highest BCUT2D eigenvalue weighted by molar-refractivity contribution is 9.10. The molecule has 1 heterocycles. The number of hydrogen-bond donors (Lipinski definition) is 1. The molecule has 0 radical (unpaired) electrons. The van der Waals surface area contributed by atoms with E-state index in [4.69, 9.17) is 4.74 Å². The summed E-state index contributed by atoms with van der Waals surface area (Å²) < 4.78 is 5.76. The van der Waals surface area contributed by atoms with E-state index in [1.54, 1.807) is 0 Å². The molecule has 2 aromatic rings. The first kappa shape index (κ1) is 16.4. The third-order valence-corrected chi connectivity index (χ3v) is 5.96. The third-order valence-electron chi connectivity index (χ3n) is 5.27. The Labute approximate surface area is 156 Å². The second-order valence-corrected chi connectivity index (χ2v) is 7.65. The highest BCUT2D eigenvalue weighted by Gasteiger charge is 2.38. The molecule has 4 heteroatoms. The second-order valence-electron chi connectivity index (χ2n) is 6.79. The van der Waals surface area contributed by atoms with Gasteiger partial charge in [-0.3, -0.25) is 0 Å². The van der Waals surface area contributed by atoms with Crippen LogP contribution in [0.5, 0.6) is 0 Å². The van der Waals surface area contributed by atoms with Crippen molar-refractivity contribution in [2.24, 2.45) is 5.92 Å². The molecule has 3 atom stereocenters. The predicted molar refractivity (Wildman–Crippen MR) is 103 cm³/mol. The van der Waals surface area contributed by atoms with Crippen molar-refractivity contribution in [2.45, 2.75) is 25.3 Å². The summed E-state index contributed by atoms with van der Waals surface area (Å²) in [7, 11) is 1.40. The molecule has 0 spiro atoms. The zero-order valence-electron chi connectivity index (χ0n) is 14.3. The van der Waals surface area contributed by atoms with Gasteiger partial charge in [0.25, 0.3) is 0 Å². The molecule has 3 unspecified atom stereocenters. The van der Waals surface area contributed by atoms with Gasteiger partial charge in [-0.2, -0.15) is 0 Å². The number of anilines is 1. The number of carbonyl (C=O) groups excluding carboxylic acids is 1. The van der Waals surface area contributed by atoms with Crippen molar-refractivity contribution < 1.29 is 9.53 Å². The Kier molecular flexibility index (Phi) is 4.16. The van der Waals surface area contributed by atoms with Crippen LogP contribution in [-0.2, 0) is 4.74 Å². The van der Waals surface area contributed by atoms with Crippen molar-refractivity contribution >= 4 is 27.6 Å². The highest BCUT2D eigenvalue weighted by atomic mass is 79.9. The van der Waals surface area contributed by atoms with Crippen LogP contribution in [0, 0.1) is 12.8 Å². The number of nitrogens with one attached hydrogen (secondary N) is 1. The van der Waals surface area contributed by atoms with E-state index in [-0.39, 0.29) is 12.0 Å². The van der Waals surface area contributed by atoms with Crippen molar-refractivity contribution in [3.05, 3.63) is 75.3 Å². The van der Waals surface area contributed by atoms with Crippen LogP contribution in [0.25, 0.3) is 0 Å². The maximum Gasteiger partial charge on any atom is 0.337 e. The van der Waals surface area contributed by atoms with E-state index in [0.29, 0.717) is 17.4 Å². The SMILES string of the molecule is COC(=O)c1ccc(C2Nc3ccc(C)cc3C3C=CCC32)c(Br)c1. The van der Waals surface area contributed by atoms with Crippen LogP contribution in [0.2, 0.25) is 0 Å².